The number of benzene rings is 1. The molecule has 1 aromatic carbocycles. The van der Waals surface area contributed by atoms with E-state index in [1.807, 2.05) is 32.0 Å². The third-order valence-electron chi connectivity index (χ3n) is 1.84. The summed E-state index contributed by atoms with van der Waals surface area (Å²) in [6.45, 7) is 4.00. The summed E-state index contributed by atoms with van der Waals surface area (Å²) in [7, 11) is 0. The van der Waals surface area contributed by atoms with Gasteiger partial charge in [-0.05, 0) is 25.8 Å². The molecule has 0 bridgehead atoms. The van der Waals surface area contributed by atoms with Gasteiger partial charge in [0.25, 0.3) is 0 Å². The van der Waals surface area contributed by atoms with Gasteiger partial charge in [-0.15, -0.1) is 0 Å². The lowest BCUT2D eigenvalue weighted by Crippen LogP contribution is -2.19. The molecular weight excluding hydrogens is 160 g/mol. The Hall–Kier alpha value is -1.40. The molecule has 0 saturated heterocycles. The van der Waals surface area contributed by atoms with Gasteiger partial charge in [-0.25, -0.2) is 10.4 Å². The third kappa shape index (κ3) is 3.22. The molecule has 0 unspecified atom stereocenters. The van der Waals surface area contributed by atoms with Crippen LogP contribution < -0.4 is 0 Å². The second-order valence-corrected chi connectivity index (χ2v) is 3.70. The second kappa shape index (κ2) is 4.01. The lowest BCUT2D eigenvalue weighted by molar-refractivity contribution is 0.523. The lowest BCUT2D eigenvalue weighted by atomic mass is 9.96. The van der Waals surface area contributed by atoms with Crippen LogP contribution >= 0.6 is 0 Å². The van der Waals surface area contributed by atoms with E-state index in [0.29, 0.717) is 0 Å². The van der Waals surface area contributed by atoms with Gasteiger partial charge in [0, 0.05) is 0 Å². The standard InChI is InChI=1S/C11H14N2/c1-11(2,13-9-12)8-10-6-4-3-5-7-10/h3-7,12H,8H2,1-2H3. The Balaban J connectivity index is 2.74. The molecule has 0 amide bonds. The van der Waals surface area contributed by atoms with Crippen LogP contribution in [0.5, 0.6) is 0 Å². The summed E-state index contributed by atoms with van der Waals surface area (Å²) in [5.74, 6) is 0. The van der Waals surface area contributed by atoms with Crippen LogP contribution in [-0.2, 0) is 6.42 Å². The van der Waals surface area contributed by atoms with Crippen molar-refractivity contribution in [1.29, 1.82) is 5.41 Å². The predicted molar refractivity (Wildman–Crippen MR) is 54.4 cm³/mol. The molecule has 1 N–H and O–H groups in total. The number of hydrogen-bond donors (Lipinski definition) is 1. The monoisotopic (exact) mass is 174 g/mol. The smallest absolute Gasteiger partial charge is 0.0867 e. The highest BCUT2D eigenvalue weighted by Crippen LogP contribution is 2.15. The minimum Gasteiger partial charge on any atom is -0.242 e. The fraction of sp³-hybridized carbons (Fsp3) is 0.364. The summed E-state index contributed by atoms with van der Waals surface area (Å²) < 4.78 is 0. The SMILES string of the molecule is CC(C)(Cc1ccccc1)N=C=N. The normalized spacial score (nSPS) is 10.6. The van der Waals surface area contributed by atoms with E-state index in [2.05, 4.69) is 23.1 Å². The van der Waals surface area contributed by atoms with Gasteiger partial charge in [0.1, 0.15) is 0 Å². The van der Waals surface area contributed by atoms with Crippen molar-refractivity contribution in [2.24, 2.45) is 4.99 Å². The Morgan fingerprint density at radius 3 is 2.46 bits per heavy atom. The molecule has 0 aliphatic carbocycles. The Morgan fingerprint density at radius 1 is 1.31 bits per heavy atom. The second-order valence-electron chi connectivity index (χ2n) is 3.70. The van der Waals surface area contributed by atoms with Crippen molar-refractivity contribution in [2.45, 2.75) is 25.8 Å². The number of aliphatic imine (C=N–C) groups is 1. The summed E-state index contributed by atoms with van der Waals surface area (Å²) >= 11 is 0. The number of nitrogens with zero attached hydrogens (tertiary/aromatic N) is 1. The quantitative estimate of drug-likeness (QED) is 0.684. The topological polar surface area (TPSA) is 36.2 Å². The average Bonchev–Trinajstić information content (AvgIpc) is 2.04. The Labute approximate surface area is 78.8 Å². The maximum absolute atomic E-state index is 6.81. The minimum atomic E-state index is -0.219. The van der Waals surface area contributed by atoms with Gasteiger partial charge in [0.2, 0.25) is 0 Å². The molecule has 0 aliphatic heterocycles. The number of nitrogens with one attached hydrogen (secondary N) is 1. The molecule has 1 rings (SSSR count). The molecule has 0 atom stereocenters. The van der Waals surface area contributed by atoms with Crippen molar-refractivity contribution in [2.75, 3.05) is 0 Å². The van der Waals surface area contributed by atoms with Crippen LogP contribution in [0.15, 0.2) is 35.3 Å². The molecule has 13 heavy (non-hydrogen) atoms. The Morgan fingerprint density at radius 2 is 1.92 bits per heavy atom. The van der Waals surface area contributed by atoms with Crippen molar-refractivity contribution in [3.8, 4) is 0 Å². The van der Waals surface area contributed by atoms with E-state index >= 15 is 0 Å². The van der Waals surface area contributed by atoms with Crippen LogP contribution in [0.3, 0.4) is 0 Å². The molecule has 2 nitrogen and oxygen atoms in total. The van der Waals surface area contributed by atoms with Crippen LogP contribution in [0.25, 0.3) is 0 Å². The molecule has 0 aliphatic rings. The first-order chi connectivity index (χ1) is 6.14. The Kier molecular flexibility index (Phi) is 2.99. The zero-order valence-corrected chi connectivity index (χ0v) is 8.04. The summed E-state index contributed by atoms with van der Waals surface area (Å²) in [6.07, 6.45) is 0.847. The van der Waals surface area contributed by atoms with Gasteiger partial charge in [-0.1, -0.05) is 30.3 Å². The molecule has 68 valence electrons. The molecular formula is C11H14N2. The van der Waals surface area contributed by atoms with Crippen LogP contribution in [0.2, 0.25) is 0 Å². The molecule has 0 fully saturated rings. The Bertz CT molecular complexity index is 308. The van der Waals surface area contributed by atoms with E-state index in [1.165, 1.54) is 5.56 Å². The van der Waals surface area contributed by atoms with Gasteiger partial charge in [0.05, 0.1) is 11.5 Å². The minimum absolute atomic E-state index is 0.219. The number of hydrogen-bond acceptors (Lipinski definition) is 2. The van der Waals surface area contributed by atoms with Gasteiger partial charge in [-0.3, -0.25) is 0 Å². The molecule has 1 aromatic rings. The average molecular weight is 174 g/mol. The van der Waals surface area contributed by atoms with Crippen molar-refractivity contribution >= 4 is 6.01 Å². The summed E-state index contributed by atoms with van der Waals surface area (Å²) in [5.41, 5.74) is 1.02. The molecule has 0 saturated carbocycles. The van der Waals surface area contributed by atoms with Gasteiger partial charge >= 0.3 is 0 Å². The van der Waals surface area contributed by atoms with E-state index in [4.69, 9.17) is 5.41 Å². The molecule has 0 heterocycles. The first kappa shape index (κ1) is 9.69. The largest absolute Gasteiger partial charge is 0.242 e. The zero-order valence-electron chi connectivity index (χ0n) is 8.04. The first-order valence-corrected chi connectivity index (χ1v) is 4.32. The van der Waals surface area contributed by atoms with Crippen molar-refractivity contribution in [1.82, 2.24) is 0 Å². The maximum Gasteiger partial charge on any atom is 0.0867 e. The number of rotatable bonds is 3. The summed E-state index contributed by atoms with van der Waals surface area (Å²) in [4.78, 5) is 3.97. The maximum atomic E-state index is 6.81. The van der Waals surface area contributed by atoms with Gasteiger partial charge < -0.3 is 0 Å². The van der Waals surface area contributed by atoms with Crippen molar-refractivity contribution in [3.05, 3.63) is 35.9 Å². The third-order valence-corrected chi connectivity index (χ3v) is 1.84. The molecule has 2 heteroatoms. The van der Waals surface area contributed by atoms with E-state index in [0.717, 1.165) is 6.42 Å². The van der Waals surface area contributed by atoms with Crippen LogP contribution in [0.4, 0.5) is 0 Å². The van der Waals surface area contributed by atoms with Gasteiger partial charge in [-0.2, -0.15) is 0 Å². The van der Waals surface area contributed by atoms with Crippen LogP contribution in [0, 0.1) is 5.41 Å². The fourth-order valence-corrected chi connectivity index (χ4v) is 1.29. The summed E-state index contributed by atoms with van der Waals surface area (Å²) in [5, 5.41) is 6.81. The van der Waals surface area contributed by atoms with Crippen molar-refractivity contribution in [3.63, 3.8) is 0 Å². The van der Waals surface area contributed by atoms with E-state index in [-0.39, 0.29) is 5.54 Å². The van der Waals surface area contributed by atoms with Gasteiger partial charge in [0.15, 0.2) is 0 Å². The molecule has 0 aromatic heterocycles. The zero-order chi connectivity index (χ0) is 9.73. The molecule has 0 spiro atoms. The van der Waals surface area contributed by atoms with E-state index < -0.39 is 0 Å². The van der Waals surface area contributed by atoms with E-state index in [1.54, 1.807) is 0 Å². The highest BCUT2D eigenvalue weighted by atomic mass is 14.8. The first-order valence-electron chi connectivity index (χ1n) is 4.32. The van der Waals surface area contributed by atoms with E-state index in [9.17, 15) is 0 Å². The lowest BCUT2D eigenvalue weighted by Gasteiger charge is -2.17. The highest BCUT2D eigenvalue weighted by Gasteiger charge is 2.15. The van der Waals surface area contributed by atoms with Crippen molar-refractivity contribution < 1.29 is 0 Å². The molecule has 0 radical (unpaired) electrons. The highest BCUT2D eigenvalue weighted by molar-refractivity contribution is 5.37. The predicted octanol–water partition coefficient (Wildman–Crippen LogP) is 2.76. The fourth-order valence-electron chi connectivity index (χ4n) is 1.29. The van der Waals surface area contributed by atoms with Crippen LogP contribution in [0.1, 0.15) is 19.4 Å². The van der Waals surface area contributed by atoms with Crippen LogP contribution in [-0.4, -0.2) is 11.5 Å². The summed E-state index contributed by atoms with van der Waals surface area (Å²) in [6, 6.07) is 12.3.